The van der Waals surface area contributed by atoms with Crippen molar-refractivity contribution in [1.82, 2.24) is 0 Å². The van der Waals surface area contributed by atoms with Crippen LogP contribution in [0.1, 0.15) is 67.7 Å². The lowest BCUT2D eigenvalue weighted by molar-refractivity contribution is 0.160. The van der Waals surface area contributed by atoms with Crippen molar-refractivity contribution < 1.29 is 36.6 Å². The van der Waals surface area contributed by atoms with E-state index in [2.05, 4.69) is 0 Å². The number of rotatable bonds is 6. The second kappa shape index (κ2) is 10.4. The SMILES string of the molecule is CCCC(O)c1ccc(C2CC=C(c3ccc(-c4ccc(O)c(F)c4F)c(F)c3F)CC2)c(F)c1F. The van der Waals surface area contributed by atoms with Crippen LogP contribution in [0.3, 0.4) is 0 Å². The topological polar surface area (TPSA) is 40.5 Å². The van der Waals surface area contributed by atoms with Crippen molar-refractivity contribution in [3.05, 3.63) is 94.1 Å². The second-order valence-electron chi connectivity index (χ2n) is 8.93. The molecule has 0 saturated heterocycles. The van der Waals surface area contributed by atoms with Gasteiger partial charge in [0, 0.05) is 22.3 Å². The minimum absolute atomic E-state index is 0.0564. The fourth-order valence-corrected chi connectivity index (χ4v) is 4.69. The van der Waals surface area contributed by atoms with E-state index in [-0.39, 0.29) is 35.4 Å². The lowest BCUT2D eigenvalue weighted by Crippen LogP contribution is -2.11. The van der Waals surface area contributed by atoms with Crippen molar-refractivity contribution in [3.63, 3.8) is 0 Å². The molecule has 2 atom stereocenters. The summed E-state index contributed by atoms with van der Waals surface area (Å²) >= 11 is 0. The van der Waals surface area contributed by atoms with E-state index < -0.39 is 57.9 Å². The van der Waals surface area contributed by atoms with Gasteiger partial charge in [0.2, 0.25) is 5.82 Å². The van der Waals surface area contributed by atoms with E-state index >= 15 is 0 Å². The molecule has 2 unspecified atom stereocenters. The number of phenols is 1. The third-order valence-corrected chi connectivity index (χ3v) is 6.69. The molecule has 0 fully saturated rings. The van der Waals surface area contributed by atoms with Crippen LogP contribution in [0.5, 0.6) is 5.75 Å². The average molecular weight is 506 g/mol. The van der Waals surface area contributed by atoms with Crippen LogP contribution in [-0.2, 0) is 0 Å². The first-order valence-corrected chi connectivity index (χ1v) is 11.7. The molecule has 3 aromatic rings. The summed E-state index contributed by atoms with van der Waals surface area (Å²) in [6.07, 6.45) is 2.31. The molecule has 0 bridgehead atoms. The van der Waals surface area contributed by atoms with E-state index in [0.717, 1.165) is 18.2 Å². The average Bonchev–Trinajstić information content (AvgIpc) is 2.87. The zero-order valence-electron chi connectivity index (χ0n) is 19.4. The Bertz CT molecular complexity index is 1330. The Morgan fingerprint density at radius 3 is 2.03 bits per heavy atom. The smallest absolute Gasteiger partial charge is 0.200 e. The van der Waals surface area contributed by atoms with Crippen LogP contribution in [0.25, 0.3) is 16.7 Å². The number of phenolic OH excluding ortho intramolecular Hbond substituents is 1. The number of benzene rings is 3. The van der Waals surface area contributed by atoms with Crippen molar-refractivity contribution in [2.45, 2.75) is 51.0 Å². The third-order valence-electron chi connectivity index (χ3n) is 6.69. The maximum Gasteiger partial charge on any atom is 0.200 e. The van der Waals surface area contributed by atoms with Crippen LogP contribution in [-0.4, -0.2) is 10.2 Å². The van der Waals surface area contributed by atoms with Gasteiger partial charge >= 0.3 is 0 Å². The summed E-state index contributed by atoms with van der Waals surface area (Å²) < 4.78 is 87.0. The number of hydrogen-bond acceptors (Lipinski definition) is 2. The molecule has 2 N–H and O–H groups in total. The molecule has 2 nitrogen and oxygen atoms in total. The van der Waals surface area contributed by atoms with Crippen molar-refractivity contribution in [2.75, 3.05) is 0 Å². The Labute approximate surface area is 204 Å². The van der Waals surface area contributed by atoms with Crippen LogP contribution in [0, 0.1) is 34.9 Å². The van der Waals surface area contributed by atoms with Gasteiger partial charge in [-0.3, -0.25) is 0 Å². The number of aliphatic hydroxyl groups is 1. The summed E-state index contributed by atoms with van der Waals surface area (Å²) in [6.45, 7) is 1.82. The molecule has 4 rings (SSSR count). The normalized spacial score (nSPS) is 16.7. The standard InChI is InChI=1S/C28H24F6O2/c1-2-3-21(35)20-11-9-17(24(30)27(20)33)15-6-4-14(5-7-15)16-8-10-18(25(31)23(16)29)19-12-13-22(36)28(34)26(19)32/h4,8-13,15,21,35-36H,2-3,5-7H2,1H3. The summed E-state index contributed by atoms with van der Waals surface area (Å²) in [5.74, 6) is -9.10. The zero-order chi connectivity index (χ0) is 26.1. The van der Waals surface area contributed by atoms with Gasteiger partial charge in [-0.05, 0) is 54.9 Å². The summed E-state index contributed by atoms with van der Waals surface area (Å²) in [5.41, 5.74) is -0.558. The Hall–Kier alpha value is -3.26. The largest absolute Gasteiger partial charge is 0.505 e. The molecule has 0 radical (unpaired) electrons. The number of aromatic hydroxyl groups is 1. The van der Waals surface area contributed by atoms with Crippen LogP contribution >= 0.6 is 0 Å². The van der Waals surface area contributed by atoms with Crippen molar-refractivity contribution >= 4 is 5.57 Å². The van der Waals surface area contributed by atoms with E-state index in [1.54, 1.807) is 6.08 Å². The van der Waals surface area contributed by atoms with Gasteiger partial charge < -0.3 is 10.2 Å². The highest BCUT2D eigenvalue weighted by atomic mass is 19.2. The van der Waals surface area contributed by atoms with Gasteiger partial charge in [-0.25, -0.2) is 22.0 Å². The molecule has 36 heavy (non-hydrogen) atoms. The molecule has 1 aliphatic rings. The summed E-state index contributed by atoms with van der Waals surface area (Å²) in [6, 6.07) is 7.03. The lowest BCUT2D eigenvalue weighted by atomic mass is 9.81. The number of halogens is 6. The van der Waals surface area contributed by atoms with Crippen LogP contribution in [0.4, 0.5) is 26.3 Å². The zero-order valence-corrected chi connectivity index (χ0v) is 19.4. The maximum atomic E-state index is 14.9. The van der Waals surface area contributed by atoms with Crippen LogP contribution < -0.4 is 0 Å². The molecule has 190 valence electrons. The second-order valence-corrected chi connectivity index (χ2v) is 8.93. The van der Waals surface area contributed by atoms with Gasteiger partial charge in [0.15, 0.2) is 34.8 Å². The quantitative estimate of drug-likeness (QED) is 0.332. The maximum absolute atomic E-state index is 14.9. The number of aliphatic hydroxyl groups excluding tert-OH is 1. The minimum Gasteiger partial charge on any atom is -0.505 e. The summed E-state index contributed by atoms with van der Waals surface area (Å²) in [7, 11) is 0. The fraction of sp³-hybridized carbons (Fsp3) is 0.286. The lowest BCUT2D eigenvalue weighted by Gasteiger charge is -2.24. The van der Waals surface area contributed by atoms with E-state index in [1.807, 2.05) is 6.92 Å². The van der Waals surface area contributed by atoms with Gasteiger partial charge in [-0.2, -0.15) is 4.39 Å². The monoisotopic (exact) mass is 506 g/mol. The molecule has 0 aromatic heterocycles. The van der Waals surface area contributed by atoms with Crippen molar-refractivity contribution in [1.29, 1.82) is 0 Å². The molecular formula is C28H24F6O2. The Morgan fingerprint density at radius 2 is 1.39 bits per heavy atom. The molecular weight excluding hydrogens is 482 g/mol. The van der Waals surface area contributed by atoms with Crippen LogP contribution in [0.2, 0.25) is 0 Å². The molecule has 1 aliphatic carbocycles. The van der Waals surface area contributed by atoms with Crippen molar-refractivity contribution in [3.8, 4) is 16.9 Å². The molecule has 0 amide bonds. The van der Waals surface area contributed by atoms with Crippen molar-refractivity contribution in [2.24, 2.45) is 0 Å². The predicted octanol–water partition coefficient (Wildman–Crippen LogP) is 8.08. The first-order chi connectivity index (χ1) is 17.1. The Balaban J connectivity index is 1.59. The summed E-state index contributed by atoms with van der Waals surface area (Å²) in [4.78, 5) is 0. The first-order valence-electron chi connectivity index (χ1n) is 11.7. The molecule has 0 aliphatic heterocycles. The van der Waals surface area contributed by atoms with E-state index in [4.69, 9.17) is 0 Å². The van der Waals surface area contributed by atoms with Gasteiger partial charge in [-0.15, -0.1) is 0 Å². The molecule has 8 heteroatoms. The predicted molar refractivity (Wildman–Crippen MR) is 124 cm³/mol. The van der Waals surface area contributed by atoms with Gasteiger partial charge in [0.25, 0.3) is 0 Å². The highest BCUT2D eigenvalue weighted by Crippen LogP contribution is 2.40. The Morgan fingerprint density at radius 1 is 0.778 bits per heavy atom. The van der Waals surface area contributed by atoms with E-state index in [9.17, 15) is 36.6 Å². The third kappa shape index (κ3) is 4.62. The van der Waals surface area contributed by atoms with Gasteiger partial charge in [-0.1, -0.05) is 43.7 Å². The Kier molecular flexibility index (Phi) is 7.45. The van der Waals surface area contributed by atoms with Crippen LogP contribution in [0.15, 0.2) is 42.5 Å². The van der Waals surface area contributed by atoms with Gasteiger partial charge in [0.1, 0.15) is 0 Å². The van der Waals surface area contributed by atoms with Gasteiger partial charge in [0.05, 0.1) is 6.10 Å². The molecule has 0 heterocycles. The highest BCUT2D eigenvalue weighted by Gasteiger charge is 2.27. The minimum atomic E-state index is -1.56. The number of hydrogen-bond donors (Lipinski definition) is 2. The van der Waals surface area contributed by atoms with E-state index in [1.165, 1.54) is 18.2 Å². The fourth-order valence-electron chi connectivity index (χ4n) is 4.69. The first kappa shape index (κ1) is 25.8. The van der Waals surface area contributed by atoms with E-state index in [0.29, 0.717) is 24.8 Å². The molecule has 0 spiro atoms. The number of allylic oxidation sites excluding steroid dienone is 2. The molecule has 0 saturated carbocycles. The summed E-state index contributed by atoms with van der Waals surface area (Å²) in [5, 5.41) is 19.3. The molecule has 3 aromatic carbocycles. The highest BCUT2D eigenvalue weighted by molar-refractivity contribution is 5.73.